The Bertz CT molecular complexity index is 472. The van der Waals surface area contributed by atoms with Gasteiger partial charge in [0.05, 0.1) is 5.01 Å². The Hall–Kier alpha value is -0.750. The quantitative estimate of drug-likeness (QED) is 0.638. The summed E-state index contributed by atoms with van der Waals surface area (Å²) in [5.74, 6) is 2.28. The Balaban J connectivity index is 1.91. The molecule has 1 unspecified atom stereocenters. The van der Waals surface area contributed by atoms with Gasteiger partial charge in [-0.05, 0) is 19.8 Å². The van der Waals surface area contributed by atoms with Crippen LogP contribution < -0.4 is 5.32 Å². The molecule has 0 radical (unpaired) electrons. The third kappa shape index (κ3) is 5.16. The molecule has 6 heteroatoms. The zero-order chi connectivity index (χ0) is 15.8. The van der Waals surface area contributed by atoms with Gasteiger partial charge in [-0.1, -0.05) is 13.8 Å². The molecule has 2 rings (SSSR count). The summed E-state index contributed by atoms with van der Waals surface area (Å²) in [6.45, 7) is 10.6. The average Bonchev–Trinajstić information content (AvgIpc) is 3.02. The van der Waals surface area contributed by atoms with Gasteiger partial charge < -0.3 is 10.2 Å². The van der Waals surface area contributed by atoms with E-state index in [1.54, 1.807) is 0 Å². The summed E-state index contributed by atoms with van der Waals surface area (Å²) in [6.07, 6.45) is 5.26. The van der Waals surface area contributed by atoms with Crippen LogP contribution >= 0.6 is 23.1 Å². The minimum atomic E-state index is 0.740. The first-order chi connectivity index (χ1) is 10.8. The number of rotatable bonds is 6. The summed E-state index contributed by atoms with van der Waals surface area (Å²) in [4.78, 5) is 13.1. The maximum atomic E-state index is 4.83. The Morgan fingerprint density at radius 2 is 2.32 bits per heavy atom. The molecule has 1 aromatic rings. The first-order valence-electron chi connectivity index (χ1n) is 8.35. The van der Waals surface area contributed by atoms with Crippen molar-refractivity contribution < 1.29 is 0 Å². The van der Waals surface area contributed by atoms with Crippen LogP contribution in [0.25, 0.3) is 0 Å². The molecule has 0 saturated carbocycles. The second kappa shape index (κ2) is 9.40. The predicted octanol–water partition coefficient (Wildman–Crippen LogP) is 3.04. The van der Waals surface area contributed by atoms with Crippen molar-refractivity contribution in [2.45, 2.75) is 45.3 Å². The van der Waals surface area contributed by atoms with Crippen LogP contribution in [0, 0.1) is 0 Å². The monoisotopic (exact) mass is 340 g/mol. The standard InChI is InChI=1S/C16H28N4S2/c1-4-13-11-19-15(22-13)7-8-18-16(17-6-3)20-9-10-21-14(5-2)12-20/h11,14H,4-10,12H2,1-3H3,(H,17,18). The molecule has 0 spiro atoms. The van der Waals surface area contributed by atoms with Gasteiger partial charge >= 0.3 is 0 Å². The smallest absolute Gasteiger partial charge is 0.193 e. The van der Waals surface area contributed by atoms with Crippen molar-refractivity contribution in [3.05, 3.63) is 16.1 Å². The summed E-state index contributed by atoms with van der Waals surface area (Å²) in [5.41, 5.74) is 0. The van der Waals surface area contributed by atoms with Crippen molar-refractivity contribution in [1.29, 1.82) is 0 Å². The molecule has 1 aromatic heterocycles. The van der Waals surface area contributed by atoms with Crippen LogP contribution in [-0.2, 0) is 12.8 Å². The number of hydrogen-bond acceptors (Lipinski definition) is 4. The number of nitrogens with zero attached hydrogens (tertiary/aromatic N) is 3. The summed E-state index contributed by atoms with van der Waals surface area (Å²) >= 11 is 3.92. The summed E-state index contributed by atoms with van der Waals surface area (Å²) in [5, 5.41) is 5.39. The molecule has 0 amide bonds. The lowest BCUT2D eigenvalue weighted by molar-refractivity contribution is 0.408. The van der Waals surface area contributed by atoms with Crippen LogP contribution in [0.3, 0.4) is 0 Å². The summed E-state index contributed by atoms with van der Waals surface area (Å²) < 4.78 is 0. The number of aromatic nitrogens is 1. The molecular formula is C16H28N4S2. The van der Waals surface area contributed by atoms with Crippen LogP contribution in [0.5, 0.6) is 0 Å². The van der Waals surface area contributed by atoms with Crippen LogP contribution in [0.4, 0.5) is 0 Å². The van der Waals surface area contributed by atoms with E-state index in [0.717, 1.165) is 50.2 Å². The highest BCUT2D eigenvalue weighted by Crippen LogP contribution is 2.21. The molecule has 0 aromatic carbocycles. The Morgan fingerprint density at radius 1 is 1.45 bits per heavy atom. The molecule has 124 valence electrons. The number of aliphatic imine (C=N–C) groups is 1. The van der Waals surface area contributed by atoms with E-state index in [9.17, 15) is 0 Å². The second-order valence-corrected chi connectivity index (χ2v) is 8.01. The largest absolute Gasteiger partial charge is 0.357 e. The third-order valence-corrected chi connectivity index (χ3v) is 6.34. The lowest BCUT2D eigenvalue weighted by Crippen LogP contribution is -2.48. The Labute approximate surface area is 142 Å². The van der Waals surface area contributed by atoms with E-state index >= 15 is 0 Å². The van der Waals surface area contributed by atoms with Crippen LogP contribution in [0.2, 0.25) is 0 Å². The molecule has 22 heavy (non-hydrogen) atoms. The Kier molecular flexibility index (Phi) is 7.52. The van der Waals surface area contributed by atoms with E-state index in [1.165, 1.54) is 22.1 Å². The van der Waals surface area contributed by atoms with E-state index in [2.05, 4.69) is 47.7 Å². The van der Waals surface area contributed by atoms with Crippen LogP contribution in [0.1, 0.15) is 37.1 Å². The summed E-state index contributed by atoms with van der Waals surface area (Å²) in [6, 6.07) is 0. The topological polar surface area (TPSA) is 40.5 Å². The Morgan fingerprint density at radius 3 is 3.00 bits per heavy atom. The summed E-state index contributed by atoms with van der Waals surface area (Å²) in [7, 11) is 0. The highest BCUT2D eigenvalue weighted by molar-refractivity contribution is 8.00. The van der Waals surface area contributed by atoms with Gasteiger partial charge in [0.25, 0.3) is 0 Å². The fraction of sp³-hybridized carbons (Fsp3) is 0.750. The normalized spacial score (nSPS) is 19.5. The zero-order valence-corrected chi connectivity index (χ0v) is 15.6. The number of aryl methyl sites for hydroxylation is 1. The van der Waals surface area contributed by atoms with Crippen LogP contribution in [-0.4, -0.2) is 53.0 Å². The molecule has 1 aliphatic heterocycles. The number of thioether (sulfide) groups is 1. The molecule has 1 saturated heterocycles. The van der Waals surface area contributed by atoms with Gasteiger partial charge in [-0.2, -0.15) is 11.8 Å². The lowest BCUT2D eigenvalue weighted by atomic mass is 10.3. The molecule has 1 fully saturated rings. The molecule has 2 heterocycles. The maximum Gasteiger partial charge on any atom is 0.193 e. The van der Waals surface area contributed by atoms with E-state index in [0.29, 0.717) is 0 Å². The van der Waals surface area contributed by atoms with Gasteiger partial charge in [0.1, 0.15) is 0 Å². The molecule has 1 aliphatic rings. The van der Waals surface area contributed by atoms with Gasteiger partial charge in [0.2, 0.25) is 0 Å². The minimum absolute atomic E-state index is 0.740. The second-order valence-electron chi connectivity index (χ2n) is 5.41. The maximum absolute atomic E-state index is 4.83. The molecule has 1 N–H and O–H groups in total. The number of hydrogen-bond donors (Lipinski definition) is 1. The SMILES string of the molecule is CCNC(=NCCc1ncc(CC)s1)N1CCSC(CC)C1. The van der Waals surface area contributed by atoms with E-state index in [1.807, 2.05) is 17.5 Å². The highest BCUT2D eigenvalue weighted by Gasteiger charge is 2.21. The molecular weight excluding hydrogens is 312 g/mol. The van der Waals surface area contributed by atoms with Gasteiger partial charge in [-0.3, -0.25) is 4.99 Å². The highest BCUT2D eigenvalue weighted by atomic mass is 32.2. The van der Waals surface area contributed by atoms with Crippen LogP contribution in [0.15, 0.2) is 11.2 Å². The average molecular weight is 341 g/mol. The number of guanidine groups is 1. The molecule has 4 nitrogen and oxygen atoms in total. The van der Waals surface area contributed by atoms with Crippen molar-refractivity contribution in [2.24, 2.45) is 4.99 Å². The van der Waals surface area contributed by atoms with Gasteiger partial charge in [-0.25, -0.2) is 4.98 Å². The fourth-order valence-electron chi connectivity index (χ4n) is 2.47. The van der Waals surface area contributed by atoms with Crippen molar-refractivity contribution in [3.63, 3.8) is 0 Å². The third-order valence-electron chi connectivity index (χ3n) is 3.77. The van der Waals surface area contributed by atoms with Crippen molar-refractivity contribution in [1.82, 2.24) is 15.2 Å². The van der Waals surface area contributed by atoms with Crippen molar-refractivity contribution >= 4 is 29.1 Å². The minimum Gasteiger partial charge on any atom is -0.357 e. The fourth-order valence-corrected chi connectivity index (χ4v) is 4.50. The van der Waals surface area contributed by atoms with Crippen molar-refractivity contribution in [3.8, 4) is 0 Å². The van der Waals surface area contributed by atoms with Gasteiger partial charge in [-0.15, -0.1) is 11.3 Å². The predicted molar refractivity (Wildman–Crippen MR) is 99.3 cm³/mol. The zero-order valence-electron chi connectivity index (χ0n) is 14.0. The number of thiazole rings is 1. The number of nitrogens with one attached hydrogen (secondary N) is 1. The first-order valence-corrected chi connectivity index (χ1v) is 10.2. The van der Waals surface area contributed by atoms with Gasteiger partial charge in [0, 0.05) is 54.7 Å². The first kappa shape index (κ1) is 17.6. The van der Waals surface area contributed by atoms with Gasteiger partial charge in [0.15, 0.2) is 5.96 Å². The van der Waals surface area contributed by atoms with E-state index in [4.69, 9.17) is 4.99 Å². The van der Waals surface area contributed by atoms with Crippen molar-refractivity contribution in [2.75, 3.05) is 31.9 Å². The van der Waals surface area contributed by atoms with E-state index in [-0.39, 0.29) is 0 Å². The lowest BCUT2D eigenvalue weighted by Gasteiger charge is -2.34. The molecule has 1 atom stereocenters. The van der Waals surface area contributed by atoms with E-state index < -0.39 is 0 Å². The molecule has 0 bridgehead atoms. The molecule has 0 aliphatic carbocycles.